The van der Waals surface area contributed by atoms with Gasteiger partial charge in [-0.15, -0.1) is 12.4 Å². The number of aromatic hydroxyl groups is 1. The molecule has 0 saturated heterocycles. The van der Waals surface area contributed by atoms with Crippen LogP contribution in [0, 0.1) is 0 Å². The molecule has 0 radical (unpaired) electrons. The van der Waals surface area contributed by atoms with E-state index in [1.165, 1.54) is 31.4 Å². The van der Waals surface area contributed by atoms with E-state index in [0.717, 1.165) is 0 Å². The van der Waals surface area contributed by atoms with E-state index in [1.54, 1.807) is 12.1 Å². The maximum absolute atomic E-state index is 12.4. The van der Waals surface area contributed by atoms with Crippen molar-refractivity contribution in [1.29, 1.82) is 0 Å². The summed E-state index contributed by atoms with van der Waals surface area (Å²) in [5.74, 6) is -1.83. The van der Waals surface area contributed by atoms with E-state index in [-0.39, 0.29) is 52.4 Å². The molecule has 30 heavy (non-hydrogen) atoms. The summed E-state index contributed by atoms with van der Waals surface area (Å²) in [4.78, 5) is 36.4. The van der Waals surface area contributed by atoms with E-state index >= 15 is 0 Å². The van der Waals surface area contributed by atoms with E-state index in [0.29, 0.717) is 5.56 Å². The van der Waals surface area contributed by atoms with Crippen LogP contribution in [0.25, 0.3) is 0 Å². The largest absolute Gasteiger partial charge is 0.508 e. The van der Waals surface area contributed by atoms with Crippen LogP contribution in [0.2, 0.25) is 10.0 Å². The van der Waals surface area contributed by atoms with Crippen LogP contribution >= 0.6 is 35.6 Å². The Bertz CT molecular complexity index is 916. The number of carbonyl (C=O) groups excluding carboxylic acids is 3. The lowest BCUT2D eigenvalue weighted by atomic mass is 10.1. The van der Waals surface area contributed by atoms with Crippen molar-refractivity contribution >= 4 is 53.4 Å². The number of hydrogen-bond donors (Lipinski definition) is 4. The van der Waals surface area contributed by atoms with Crippen molar-refractivity contribution in [2.24, 2.45) is 5.73 Å². The number of phenols is 1. The Hall–Kier alpha value is -2.52. The van der Waals surface area contributed by atoms with Crippen LogP contribution in [0.5, 0.6) is 5.75 Å². The highest BCUT2D eigenvalue weighted by Gasteiger charge is 2.24. The van der Waals surface area contributed by atoms with Crippen molar-refractivity contribution in [2.75, 3.05) is 13.7 Å². The molecule has 1 atom stereocenters. The van der Waals surface area contributed by atoms with Gasteiger partial charge < -0.3 is 26.2 Å². The number of phenolic OH excluding ortho intramolecular Hbond substituents is 1. The van der Waals surface area contributed by atoms with Crippen LogP contribution in [0.1, 0.15) is 26.3 Å². The monoisotopic (exact) mass is 475 g/mol. The number of nitrogens with one attached hydrogen (secondary N) is 2. The molecule has 0 unspecified atom stereocenters. The van der Waals surface area contributed by atoms with E-state index in [2.05, 4.69) is 15.4 Å². The second kappa shape index (κ2) is 11.6. The summed E-state index contributed by atoms with van der Waals surface area (Å²) in [6.45, 7) is -0.00873. The number of benzene rings is 2. The molecule has 5 N–H and O–H groups in total. The Morgan fingerprint density at radius 2 is 1.77 bits per heavy atom. The Morgan fingerprint density at radius 3 is 2.30 bits per heavy atom. The molecule has 0 bridgehead atoms. The van der Waals surface area contributed by atoms with Gasteiger partial charge in [0.2, 0.25) is 0 Å². The molecule has 0 heterocycles. The summed E-state index contributed by atoms with van der Waals surface area (Å²) in [7, 11) is 1.17. The van der Waals surface area contributed by atoms with Gasteiger partial charge in [0.25, 0.3) is 11.8 Å². The highest BCUT2D eigenvalue weighted by atomic mass is 35.5. The molecule has 11 heteroatoms. The van der Waals surface area contributed by atoms with Gasteiger partial charge in [0, 0.05) is 18.7 Å². The zero-order chi connectivity index (χ0) is 21.6. The van der Waals surface area contributed by atoms with Crippen LogP contribution in [-0.2, 0) is 16.1 Å². The summed E-state index contributed by atoms with van der Waals surface area (Å²) < 4.78 is 4.55. The first-order valence-corrected chi connectivity index (χ1v) is 9.16. The summed E-state index contributed by atoms with van der Waals surface area (Å²) in [5, 5.41) is 14.4. The quantitative estimate of drug-likeness (QED) is 0.454. The first kappa shape index (κ1) is 25.5. The van der Waals surface area contributed by atoms with Gasteiger partial charge in [-0.3, -0.25) is 9.59 Å². The highest BCUT2D eigenvalue weighted by Crippen LogP contribution is 2.27. The van der Waals surface area contributed by atoms with Gasteiger partial charge in [-0.05, 0) is 29.8 Å². The van der Waals surface area contributed by atoms with Crippen LogP contribution in [0.4, 0.5) is 0 Å². The molecule has 0 aromatic heterocycles. The summed E-state index contributed by atoms with van der Waals surface area (Å²) in [5.41, 5.74) is 6.19. The predicted molar refractivity (Wildman–Crippen MR) is 115 cm³/mol. The Morgan fingerprint density at radius 1 is 1.13 bits per heavy atom. The van der Waals surface area contributed by atoms with E-state index in [4.69, 9.17) is 28.9 Å². The minimum absolute atomic E-state index is 0. The third-order valence-corrected chi connectivity index (χ3v) is 4.52. The molecule has 0 aliphatic heterocycles. The van der Waals surface area contributed by atoms with Crippen molar-refractivity contribution < 1.29 is 24.2 Å². The number of esters is 1. The average Bonchev–Trinajstić information content (AvgIpc) is 2.69. The molecule has 2 aromatic rings. The smallest absolute Gasteiger partial charge is 0.329 e. The number of amides is 2. The molecule has 162 valence electrons. The van der Waals surface area contributed by atoms with Gasteiger partial charge in [0.15, 0.2) is 0 Å². The van der Waals surface area contributed by atoms with Crippen molar-refractivity contribution in [3.8, 4) is 5.75 Å². The molecular weight excluding hydrogens is 457 g/mol. The molecule has 0 saturated carbocycles. The number of rotatable bonds is 7. The third kappa shape index (κ3) is 6.50. The van der Waals surface area contributed by atoms with Gasteiger partial charge in [-0.2, -0.15) is 0 Å². The van der Waals surface area contributed by atoms with E-state index in [9.17, 15) is 19.5 Å². The molecule has 2 rings (SSSR count). The molecule has 0 fully saturated rings. The molecule has 8 nitrogen and oxygen atoms in total. The second-order valence-corrected chi connectivity index (χ2v) is 6.77. The fourth-order valence-electron chi connectivity index (χ4n) is 2.46. The standard InChI is InChI=1S/C19H19Cl2N3O5.ClH/c1-29-19(28)15(8-22)24-18(27)16-13(20)6-11(7-14(16)21)17(26)23-9-10-3-2-4-12(25)5-10;/h2-7,15,25H,8-9,22H2,1H3,(H,23,26)(H,24,27);1H/t15-;/m0./s1. The van der Waals surface area contributed by atoms with E-state index < -0.39 is 23.8 Å². The maximum Gasteiger partial charge on any atom is 0.329 e. The predicted octanol–water partition coefficient (Wildman–Crippen LogP) is 2.28. The van der Waals surface area contributed by atoms with Gasteiger partial charge >= 0.3 is 5.97 Å². The van der Waals surface area contributed by atoms with Crippen LogP contribution in [0.3, 0.4) is 0 Å². The van der Waals surface area contributed by atoms with E-state index in [1.807, 2.05) is 0 Å². The Labute approximate surface area is 189 Å². The minimum Gasteiger partial charge on any atom is -0.508 e. The van der Waals surface area contributed by atoms with Crippen LogP contribution in [0.15, 0.2) is 36.4 Å². The average molecular weight is 477 g/mol. The van der Waals surface area contributed by atoms with Crippen molar-refractivity contribution in [1.82, 2.24) is 10.6 Å². The van der Waals surface area contributed by atoms with Gasteiger partial charge in [0.05, 0.1) is 22.7 Å². The maximum atomic E-state index is 12.4. The SMILES string of the molecule is COC(=O)[C@H](CN)NC(=O)c1c(Cl)cc(C(=O)NCc2cccc(O)c2)cc1Cl.Cl. The highest BCUT2D eigenvalue weighted by molar-refractivity contribution is 6.40. The fourth-order valence-corrected chi connectivity index (χ4v) is 3.12. The first-order chi connectivity index (χ1) is 13.8. The summed E-state index contributed by atoms with van der Waals surface area (Å²) in [6.07, 6.45) is 0. The lowest BCUT2D eigenvalue weighted by Crippen LogP contribution is -2.46. The number of ether oxygens (including phenoxy) is 1. The van der Waals surface area contributed by atoms with Gasteiger partial charge in [-0.1, -0.05) is 35.3 Å². The first-order valence-electron chi connectivity index (χ1n) is 8.40. The van der Waals surface area contributed by atoms with Crippen molar-refractivity contribution in [3.05, 3.63) is 63.1 Å². The molecule has 2 amide bonds. The molecule has 0 spiro atoms. The fraction of sp³-hybridized carbons (Fsp3) is 0.211. The normalized spacial score (nSPS) is 11.1. The number of hydrogen-bond acceptors (Lipinski definition) is 6. The number of halogens is 3. The number of methoxy groups -OCH3 is 1. The lowest BCUT2D eigenvalue weighted by molar-refractivity contribution is -0.142. The minimum atomic E-state index is -1.06. The molecule has 2 aromatic carbocycles. The zero-order valence-corrected chi connectivity index (χ0v) is 18.1. The summed E-state index contributed by atoms with van der Waals surface area (Å²) >= 11 is 12.3. The summed E-state index contributed by atoms with van der Waals surface area (Å²) in [6, 6.07) is 7.94. The van der Waals surface area contributed by atoms with Crippen molar-refractivity contribution in [2.45, 2.75) is 12.6 Å². The Balaban J connectivity index is 0.00000450. The molecule has 0 aliphatic carbocycles. The topological polar surface area (TPSA) is 131 Å². The molecule has 0 aliphatic rings. The molecular formula is C19H20Cl3N3O5. The van der Waals surface area contributed by atoms with Crippen molar-refractivity contribution in [3.63, 3.8) is 0 Å². The van der Waals surface area contributed by atoms with Gasteiger partial charge in [-0.25, -0.2) is 4.79 Å². The van der Waals surface area contributed by atoms with Crippen LogP contribution in [-0.4, -0.2) is 42.6 Å². The van der Waals surface area contributed by atoms with Crippen LogP contribution < -0.4 is 16.4 Å². The third-order valence-electron chi connectivity index (χ3n) is 3.92. The Kier molecular flexibility index (Phi) is 9.88. The second-order valence-electron chi connectivity index (χ2n) is 5.95. The zero-order valence-electron chi connectivity index (χ0n) is 15.8. The lowest BCUT2D eigenvalue weighted by Gasteiger charge is -2.16. The van der Waals surface area contributed by atoms with Gasteiger partial charge in [0.1, 0.15) is 11.8 Å². The number of carbonyl (C=O) groups is 3. The number of nitrogens with two attached hydrogens (primary N) is 1.